The number of tetrazole rings is 1. The van der Waals surface area contributed by atoms with Crippen molar-refractivity contribution in [3.8, 4) is 11.5 Å². The summed E-state index contributed by atoms with van der Waals surface area (Å²) in [5.74, 6) is 1.67. The molecule has 3 heterocycles. The second-order valence-corrected chi connectivity index (χ2v) is 9.66. The number of hydrogen-bond acceptors (Lipinski definition) is 7. The van der Waals surface area contributed by atoms with E-state index in [-0.39, 0.29) is 16.9 Å². The number of rotatable bonds is 6. The average Bonchev–Trinajstić information content (AvgIpc) is 3.29. The normalized spacial score (nSPS) is 13.5. The van der Waals surface area contributed by atoms with Crippen molar-refractivity contribution < 1.29 is 13.9 Å². The van der Waals surface area contributed by atoms with E-state index in [2.05, 4.69) is 25.4 Å². The van der Waals surface area contributed by atoms with Crippen LogP contribution in [-0.4, -0.2) is 43.3 Å². The number of ether oxygens (including phenoxy) is 2. The zero-order valence-corrected chi connectivity index (χ0v) is 19.9. The minimum atomic E-state index is -0.304. The Hall–Kier alpha value is -3.79. The molecular formula is C25H27FN6O3. The monoisotopic (exact) mass is 478 g/mol. The van der Waals surface area contributed by atoms with Gasteiger partial charge in [-0.3, -0.25) is 9.69 Å². The Balaban J connectivity index is 1.48. The molecule has 35 heavy (non-hydrogen) atoms. The molecule has 1 N–H and O–H groups in total. The zero-order chi connectivity index (χ0) is 24.6. The highest BCUT2D eigenvalue weighted by molar-refractivity contribution is 5.83. The van der Waals surface area contributed by atoms with E-state index >= 15 is 0 Å². The summed E-state index contributed by atoms with van der Waals surface area (Å²) in [6, 6.07) is 11.9. The van der Waals surface area contributed by atoms with Gasteiger partial charge in [0.05, 0.1) is 17.6 Å². The molecule has 0 spiro atoms. The van der Waals surface area contributed by atoms with Gasteiger partial charge < -0.3 is 14.5 Å². The maximum absolute atomic E-state index is 13.5. The predicted octanol–water partition coefficient (Wildman–Crippen LogP) is 3.38. The molecule has 1 aliphatic rings. The molecule has 0 aliphatic carbocycles. The first kappa shape index (κ1) is 23.0. The molecule has 2 aromatic heterocycles. The fraction of sp³-hybridized carbons (Fsp3) is 0.360. The molecule has 0 bridgehead atoms. The largest absolute Gasteiger partial charge is 0.486 e. The van der Waals surface area contributed by atoms with Crippen LogP contribution in [0.4, 0.5) is 4.39 Å². The van der Waals surface area contributed by atoms with Gasteiger partial charge in [-0.1, -0.05) is 12.1 Å². The lowest BCUT2D eigenvalue weighted by atomic mass is 10.1. The molecule has 1 aliphatic heterocycles. The van der Waals surface area contributed by atoms with E-state index in [1.165, 1.54) is 12.1 Å². The van der Waals surface area contributed by atoms with Crippen molar-refractivity contribution in [3.05, 3.63) is 75.6 Å². The smallest absolute Gasteiger partial charge is 0.252 e. The number of halogens is 1. The number of benzene rings is 2. The van der Waals surface area contributed by atoms with Crippen molar-refractivity contribution in [2.75, 3.05) is 13.2 Å². The van der Waals surface area contributed by atoms with Gasteiger partial charge in [0.1, 0.15) is 19.0 Å². The molecule has 0 saturated heterocycles. The highest BCUT2D eigenvalue weighted by Gasteiger charge is 2.22. The van der Waals surface area contributed by atoms with Crippen LogP contribution in [0, 0.1) is 5.82 Å². The number of nitrogens with zero attached hydrogens (tertiary/aromatic N) is 5. The predicted molar refractivity (Wildman–Crippen MR) is 128 cm³/mol. The maximum atomic E-state index is 13.5. The van der Waals surface area contributed by atoms with Crippen molar-refractivity contribution in [2.24, 2.45) is 0 Å². The summed E-state index contributed by atoms with van der Waals surface area (Å²) >= 11 is 0. The molecule has 0 atom stereocenters. The molecule has 4 aromatic rings. The Kier molecular flexibility index (Phi) is 5.98. The summed E-state index contributed by atoms with van der Waals surface area (Å²) < 4.78 is 26.6. The molecule has 182 valence electrons. The van der Waals surface area contributed by atoms with E-state index in [0.717, 1.165) is 10.9 Å². The van der Waals surface area contributed by atoms with Crippen LogP contribution in [-0.2, 0) is 25.2 Å². The number of aromatic nitrogens is 5. The fourth-order valence-electron chi connectivity index (χ4n) is 4.19. The molecule has 0 unspecified atom stereocenters. The van der Waals surface area contributed by atoms with Crippen LogP contribution in [0.25, 0.3) is 10.9 Å². The van der Waals surface area contributed by atoms with Crippen LogP contribution in [0.1, 0.15) is 37.7 Å². The quantitative estimate of drug-likeness (QED) is 0.454. The lowest BCUT2D eigenvalue weighted by Crippen LogP contribution is -2.31. The van der Waals surface area contributed by atoms with Crippen LogP contribution in [0.5, 0.6) is 11.5 Å². The van der Waals surface area contributed by atoms with E-state index < -0.39 is 0 Å². The van der Waals surface area contributed by atoms with Gasteiger partial charge in [-0.05, 0) is 61.0 Å². The highest BCUT2D eigenvalue weighted by Crippen LogP contribution is 2.33. The van der Waals surface area contributed by atoms with Gasteiger partial charge in [-0.25, -0.2) is 9.07 Å². The molecule has 10 heteroatoms. The van der Waals surface area contributed by atoms with Crippen LogP contribution in [0.15, 0.2) is 47.3 Å². The van der Waals surface area contributed by atoms with Crippen LogP contribution < -0.4 is 15.0 Å². The number of fused-ring (bicyclic) bond motifs is 2. The molecule has 5 rings (SSSR count). The van der Waals surface area contributed by atoms with Crippen LogP contribution in [0.3, 0.4) is 0 Å². The molecule has 0 saturated carbocycles. The summed E-state index contributed by atoms with van der Waals surface area (Å²) in [5, 5.41) is 13.1. The summed E-state index contributed by atoms with van der Waals surface area (Å²) in [6.07, 6.45) is 0. The van der Waals surface area contributed by atoms with E-state index in [1.807, 2.05) is 32.9 Å². The van der Waals surface area contributed by atoms with Gasteiger partial charge >= 0.3 is 0 Å². The third kappa shape index (κ3) is 5.02. The molecular weight excluding hydrogens is 451 g/mol. The first-order valence-corrected chi connectivity index (χ1v) is 11.5. The average molecular weight is 479 g/mol. The molecule has 0 radical (unpaired) electrons. The second kappa shape index (κ2) is 9.10. The van der Waals surface area contributed by atoms with E-state index in [0.29, 0.717) is 61.3 Å². The minimum Gasteiger partial charge on any atom is -0.486 e. The summed E-state index contributed by atoms with van der Waals surface area (Å²) in [6.45, 7) is 8.27. The first-order valence-electron chi connectivity index (χ1n) is 11.5. The van der Waals surface area contributed by atoms with Crippen LogP contribution in [0.2, 0.25) is 0 Å². The van der Waals surface area contributed by atoms with Crippen molar-refractivity contribution >= 4 is 10.9 Å². The Morgan fingerprint density at radius 1 is 1.03 bits per heavy atom. The first-order chi connectivity index (χ1) is 16.8. The van der Waals surface area contributed by atoms with E-state index in [1.54, 1.807) is 22.9 Å². The number of H-pyrrole nitrogens is 1. The van der Waals surface area contributed by atoms with Gasteiger partial charge in [0.2, 0.25) is 0 Å². The van der Waals surface area contributed by atoms with Gasteiger partial charge in [0, 0.05) is 30.1 Å². The lowest BCUT2D eigenvalue weighted by molar-refractivity contribution is 0.172. The molecule has 9 nitrogen and oxygen atoms in total. The lowest BCUT2D eigenvalue weighted by Gasteiger charge is -2.25. The van der Waals surface area contributed by atoms with E-state index in [4.69, 9.17) is 9.47 Å². The van der Waals surface area contributed by atoms with Crippen molar-refractivity contribution in [1.82, 2.24) is 30.1 Å². The Labute approximate surface area is 201 Å². The van der Waals surface area contributed by atoms with Crippen molar-refractivity contribution in [1.29, 1.82) is 0 Å². The second-order valence-electron chi connectivity index (χ2n) is 9.66. The van der Waals surface area contributed by atoms with Crippen molar-refractivity contribution in [2.45, 2.75) is 45.9 Å². The SMILES string of the molecule is CC(C)(C)n1nnnc1CN(Cc1ccc(F)cc1)Cc1cc2cc3c(cc2[nH]c1=O)OCCO3. The Morgan fingerprint density at radius 2 is 1.74 bits per heavy atom. The summed E-state index contributed by atoms with van der Waals surface area (Å²) in [7, 11) is 0. The number of hydrogen-bond donors (Lipinski definition) is 1. The third-order valence-electron chi connectivity index (χ3n) is 5.83. The number of nitrogens with one attached hydrogen (secondary N) is 1. The van der Waals surface area contributed by atoms with Gasteiger partial charge in [0.15, 0.2) is 17.3 Å². The minimum absolute atomic E-state index is 0.186. The zero-order valence-electron chi connectivity index (χ0n) is 19.9. The standard InChI is InChI=1S/C25H27FN6O3/c1-25(2,3)32-23(28-29-30-32)15-31(13-16-4-6-19(26)7-5-16)14-18-10-17-11-21-22(35-9-8-34-21)12-20(17)27-24(18)33/h4-7,10-12H,8-9,13-15H2,1-3H3,(H,27,33). The van der Waals surface area contributed by atoms with Gasteiger partial charge in [-0.15, -0.1) is 5.10 Å². The molecule has 0 fully saturated rings. The highest BCUT2D eigenvalue weighted by atomic mass is 19.1. The summed E-state index contributed by atoms with van der Waals surface area (Å²) in [5.41, 5.74) is 1.70. The van der Waals surface area contributed by atoms with Gasteiger partial charge in [-0.2, -0.15) is 0 Å². The van der Waals surface area contributed by atoms with E-state index in [9.17, 15) is 9.18 Å². The third-order valence-corrected chi connectivity index (χ3v) is 5.83. The molecule has 0 amide bonds. The molecule has 2 aromatic carbocycles. The van der Waals surface area contributed by atoms with Gasteiger partial charge in [0.25, 0.3) is 5.56 Å². The number of pyridine rings is 1. The van der Waals surface area contributed by atoms with Crippen molar-refractivity contribution in [3.63, 3.8) is 0 Å². The topological polar surface area (TPSA) is 98.2 Å². The number of aromatic amines is 1. The Bertz CT molecular complexity index is 1410. The Morgan fingerprint density at radius 3 is 2.46 bits per heavy atom. The summed E-state index contributed by atoms with van der Waals surface area (Å²) in [4.78, 5) is 18.0. The fourth-order valence-corrected chi connectivity index (χ4v) is 4.19. The maximum Gasteiger partial charge on any atom is 0.252 e. The van der Waals surface area contributed by atoms with Crippen LogP contribution >= 0.6 is 0 Å².